The van der Waals surface area contributed by atoms with E-state index in [0.717, 1.165) is 18.7 Å². The Morgan fingerprint density at radius 3 is 2.41 bits per heavy atom. The molecule has 1 N–H and O–H groups in total. The van der Waals surface area contributed by atoms with Gasteiger partial charge in [0, 0.05) is 19.6 Å². The molecule has 4 heteroatoms. The maximum absolute atomic E-state index is 5.62. The molecule has 1 atom stereocenters. The zero-order valence-electron chi connectivity index (χ0n) is 10.9. The van der Waals surface area contributed by atoms with Crippen LogP contribution in [0.2, 0.25) is 0 Å². The maximum atomic E-state index is 5.62. The molecule has 0 aliphatic heterocycles. The van der Waals surface area contributed by atoms with Crippen molar-refractivity contribution in [3.8, 4) is 0 Å². The maximum Gasteiger partial charge on any atom is 0.173 e. The Labute approximate surface area is 103 Å². The second-order valence-electron chi connectivity index (χ2n) is 3.73. The van der Waals surface area contributed by atoms with E-state index in [-0.39, 0.29) is 12.3 Å². The van der Waals surface area contributed by atoms with Crippen LogP contribution in [0, 0.1) is 0 Å². The molecule has 0 fully saturated rings. The summed E-state index contributed by atoms with van der Waals surface area (Å²) in [4.78, 5) is 0. The molecular weight excluding hydrogens is 218 g/mol. The van der Waals surface area contributed by atoms with Gasteiger partial charge in [-0.05, 0) is 32.5 Å². The minimum atomic E-state index is -0.227. The first-order valence-corrected chi connectivity index (χ1v) is 6.30. The van der Waals surface area contributed by atoms with Gasteiger partial charge in [0.1, 0.15) is 5.76 Å². The molecule has 1 unspecified atom stereocenters. The lowest BCUT2D eigenvalue weighted by Gasteiger charge is -2.26. The minimum absolute atomic E-state index is 0.117. The molecule has 0 amide bonds. The van der Waals surface area contributed by atoms with Crippen LogP contribution < -0.4 is 5.32 Å². The van der Waals surface area contributed by atoms with Crippen molar-refractivity contribution in [3.05, 3.63) is 24.2 Å². The molecule has 1 rings (SSSR count). The van der Waals surface area contributed by atoms with Crippen LogP contribution in [0.5, 0.6) is 0 Å². The molecule has 1 aromatic rings. The second-order valence-corrected chi connectivity index (χ2v) is 3.73. The molecule has 0 bridgehead atoms. The number of rotatable bonds is 9. The number of furan rings is 1. The van der Waals surface area contributed by atoms with Gasteiger partial charge in [-0.25, -0.2) is 0 Å². The average molecular weight is 241 g/mol. The summed E-state index contributed by atoms with van der Waals surface area (Å²) in [5.74, 6) is 0.945. The molecule has 4 nitrogen and oxygen atoms in total. The van der Waals surface area contributed by atoms with Crippen LogP contribution in [0.15, 0.2) is 22.8 Å². The van der Waals surface area contributed by atoms with E-state index >= 15 is 0 Å². The van der Waals surface area contributed by atoms with Crippen LogP contribution >= 0.6 is 0 Å². The highest BCUT2D eigenvalue weighted by Crippen LogP contribution is 2.10. The van der Waals surface area contributed by atoms with Crippen LogP contribution in [0.4, 0.5) is 0 Å². The predicted molar refractivity (Wildman–Crippen MR) is 66.9 cm³/mol. The van der Waals surface area contributed by atoms with Crippen molar-refractivity contribution in [3.63, 3.8) is 0 Å². The minimum Gasteiger partial charge on any atom is -0.469 e. The van der Waals surface area contributed by atoms with E-state index in [1.165, 1.54) is 0 Å². The Kier molecular flexibility index (Phi) is 6.93. The van der Waals surface area contributed by atoms with Gasteiger partial charge in [-0.3, -0.25) is 0 Å². The topological polar surface area (TPSA) is 43.6 Å². The standard InChI is InChI=1S/C13H23NO3/c1-4-14-12(10-11-8-7-9-17-11)13(15-5-2)16-6-3/h7-9,12-14H,4-6,10H2,1-3H3. The van der Waals surface area contributed by atoms with Crippen LogP contribution in [0.3, 0.4) is 0 Å². The van der Waals surface area contributed by atoms with E-state index in [4.69, 9.17) is 13.9 Å². The van der Waals surface area contributed by atoms with Gasteiger partial charge in [-0.1, -0.05) is 6.92 Å². The first-order valence-electron chi connectivity index (χ1n) is 6.30. The molecule has 17 heavy (non-hydrogen) atoms. The number of ether oxygens (including phenoxy) is 2. The Hall–Kier alpha value is -0.840. The normalized spacial score (nSPS) is 13.2. The zero-order chi connectivity index (χ0) is 12.5. The van der Waals surface area contributed by atoms with E-state index in [2.05, 4.69) is 12.2 Å². The van der Waals surface area contributed by atoms with Crippen molar-refractivity contribution in [2.45, 2.75) is 39.5 Å². The Morgan fingerprint density at radius 1 is 1.24 bits per heavy atom. The van der Waals surface area contributed by atoms with Gasteiger partial charge in [0.25, 0.3) is 0 Å². The second kappa shape index (κ2) is 8.28. The highest BCUT2D eigenvalue weighted by Gasteiger charge is 2.22. The molecule has 0 aromatic carbocycles. The van der Waals surface area contributed by atoms with Gasteiger partial charge in [0.15, 0.2) is 6.29 Å². The number of hydrogen-bond donors (Lipinski definition) is 1. The van der Waals surface area contributed by atoms with Gasteiger partial charge in [-0.2, -0.15) is 0 Å². The molecule has 1 aromatic heterocycles. The smallest absolute Gasteiger partial charge is 0.173 e. The lowest BCUT2D eigenvalue weighted by molar-refractivity contribution is -0.154. The van der Waals surface area contributed by atoms with E-state index in [9.17, 15) is 0 Å². The van der Waals surface area contributed by atoms with E-state index < -0.39 is 0 Å². The molecule has 0 radical (unpaired) electrons. The number of nitrogens with one attached hydrogen (secondary N) is 1. The van der Waals surface area contributed by atoms with Gasteiger partial charge in [0.2, 0.25) is 0 Å². The molecule has 0 saturated heterocycles. The summed E-state index contributed by atoms with van der Waals surface area (Å²) in [7, 11) is 0. The van der Waals surface area contributed by atoms with Crippen molar-refractivity contribution in [2.75, 3.05) is 19.8 Å². The summed E-state index contributed by atoms with van der Waals surface area (Å²) in [6, 6.07) is 3.99. The van der Waals surface area contributed by atoms with Gasteiger partial charge >= 0.3 is 0 Å². The highest BCUT2D eigenvalue weighted by atomic mass is 16.7. The quantitative estimate of drug-likeness (QED) is 0.673. The Morgan fingerprint density at radius 2 is 1.94 bits per heavy atom. The molecule has 1 heterocycles. The Balaban J connectivity index is 2.60. The third-order valence-electron chi connectivity index (χ3n) is 2.46. The summed E-state index contributed by atoms with van der Waals surface area (Å²) < 4.78 is 16.6. The van der Waals surface area contributed by atoms with Crippen LogP contribution in [-0.4, -0.2) is 32.1 Å². The molecule has 98 valence electrons. The van der Waals surface area contributed by atoms with Crippen LogP contribution in [0.25, 0.3) is 0 Å². The highest BCUT2D eigenvalue weighted by molar-refractivity contribution is 5.01. The molecule has 0 spiro atoms. The summed E-state index contributed by atoms with van der Waals surface area (Å²) in [5.41, 5.74) is 0. The number of likely N-dealkylation sites (N-methyl/N-ethyl adjacent to an activating group) is 1. The molecule has 0 aliphatic rings. The van der Waals surface area contributed by atoms with Crippen LogP contribution in [-0.2, 0) is 15.9 Å². The lowest BCUT2D eigenvalue weighted by Crippen LogP contribution is -2.44. The summed E-state index contributed by atoms with van der Waals surface area (Å²) in [6.07, 6.45) is 2.23. The first-order chi connectivity index (χ1) is 8.31. The van der Waals surface area contributed by atoms with E-state index in [1.807, 2.05) is 26.0 Å². The predicted octanol–water partition coefficient (Wildman–Crippen LogP) is 2.20. The SMILES string of the molecule is CCNC(Cc1ccco1)C(OCC)OCC. The summed E-state index contributed by atoms with van der Waals surface area (Å²) >= 11 is 0. The first kappa shape index (κ1) is 14.2. The molecule has 0 saturated carbocycles. The largest absolute Gasteiger partial charge is 0.469 e. The third-order valence-corrected chi connectivity index (χ3v) is 2.46. The monoisotopic (exact) mass is 241 g/mol. The lowest BCUT2D eigenvalue weighted by atomic mass is 10.1. The van der Waals surface area contributed by atoms with Crippen LogP contribution in [0.1, 0.15) is 26.5 Å². The van der Waals surface area contributed by atoms with Crippen molar-refractivity contribution >= 4 is 0 Å². The van der Waals surface area contributed by atoms with E-state index in [0.29, 0.717) is 13.2 Å². The fraction of sp³-hybridized carbons (Fsp3) is 0.692. The van der Waals surface area contributed by atoms with Gasteiger partial charge < -0.3 is 19.2 Å². The fourth-order valence-electron chi connectivity index (χ4n) is 1.78. The van der Waals surface area contributed by atoms with Crippen molar-refractivity contribution in [1.82, 2.24) is 5.32 Å². The van der Waals surface area contributed by atoms with Gasteiger partial charge in [-0.15, -0.1) is 0 Å². The summed E-state index contributed by atoms with van der Waals surface area (Å²) in [5, 5.41) is 3.38. The Bertz CT molecular complexity index is 268. The zero-order valence-corrected chi connectivity index (χ0v) is 10.9. The fourth-order valence-corrected chi connectivity index (χ4v) is 1.78. The molecule has 0 aliphatic carbocycles. The van der Waals surface area contributed by atoms with Crippen molar-refractivity contribution in [1.29, 1.82) is 0 Å². The summed E-state index contributed by atoms with van der Waals surface area (Å²) in [6.45, 7) is 8.19. The average Bonchev–Trinajstić information content (AvgIpc) is 2.81. The third kappa shape index (κ3) is 4.89. The number of hydrogen-bond acceptors (Lipinski definition) is 4. The van der Waals surface area contributed by atoms with Gasteiger partial charge in [0.05, 0.1) is 12.3 Å². The van der Waals surface area contributed by atoms with Crippen molar-refractivity contribution in [2.24, 2.45) is 0 Å². The van der Waals surface area contributed by atoms with Crippen molar-refractivity contribution < 1.29 is 13.9 Å². The van der Waals surface area contributed by atoms with E-state index in [1.54, 1.807) is 6.26 Å². The molecular formula is C13H23NO3.